The molecular weight excluding hydrogens is 290 g/mol. The molecule has 22 heavy (non-hydrogen) atoms. The van der Waals surface area contributed by atoms with E-state index in [9.17, 15) is 14.9 Å². The second-order valence-electron chi connectivity index (χ2n) is 4.21. The number of esters is 1. The quantitative estimate of drug-likeness (QED) is 0.365. The monoisotopic (exact) mass is 303 g/mol. The van der Waals surface area contributed by atoms with Gasteiger partial charge in [-0.1, -0.05) is 6.07 Å². The summed E-state index contributed by atoms with van der Waals surface area (Å²) in [7, 11) is 2.86. The fourth-order valence-corrected chi connectivity index (χ4v) is 1.76. The molecule has 0 aliphatic carbocycles. The van der Waals surface area contributed by atoms with Gasteiger partial charge in [-0.05, 0) is 30.3 Å². The number of hydrogen-bond donors (Lipinski definition) is 0. The van der Waals surface area contributed by atoms with E-state index in [1.807, 2.05) is 0 Å². The number of hydrogen-bond acceptors (Lipinski definition) is 6. The van der Waals surface area contributed by atoms with Crippen LogP contribution >= 0.6 is 0 Å². The number of carbonyl (C=O) groups is 1. The molecule has 0 saturated heterocycles. The zero-order valence-electron chi connectivity index (χ0n) is 11.9. The van der Waals surface area contributed by atoms with Crippen molar-refractivity contribution in [3.63, 3.8) is 0 Å². The van der Waals surface area contributed by atoms with E-state index in [2.05, 4.69) is 0 Å². The fourth-order valence-electron chi connectivity index (χ4n) is 1.76. The third kappa shape index (κ3) is 3.32. The number of carbonyl (C=O) groups excluding carboxylic acids is 1. The number of benzene rings is 2. The topological polar surface area (TPSA) is 87.9 Å². The first kappa shape index (κ1) is 15.3. The highest BCUT2D eigenvalue weighted by atomic mass is 16.6. The van der Waals surface area contributed by atoms with Crippen LogP contribution in [0.1, 0.15) is 10.4 Å². The zero-order chi connectivity index (χ0) is 16.1. The van der Waals surface area contributed by atoms with Crippen LogP contribution in [0.25, 0.3) is 0 Å². The number of rotatable bonds is 5. The van der Waals surface area contributed by atoms with Gasteiger partial charge in [0.15, 0.2) is 0 Å². The third-order valence-corrected chi connectivity index (χ3v) is 2.87. The van der Waals surface area contributed by atoms with Crippen molar-refractivity contribution in [2.45, 2.75) is 0 Å². The fraction of sp³-hybridized carbons (Fsp3) is 0.133. The van der Waals surface area contributed by atoms with Crippen molar-refractivity contribution in [2.75, 3.05) is 14.2 Å². The molecule has 2 aromatic rings. The average Bonchev–Trinajstić information content (AvgIpc) is 2.55. The van der Waals surface area contributed by atoms with Crippen molar-refractivity contribution in [1.82, 2.24) is 0 Å². The highest BCUT2D eigenvalue weighted by Crippen LogP contribution is 2.31. The van der Waals surface area contributed by atoms with E-state index < -0.39 is 10.9 Å². The molecule has 0 N–H and O–H groups in total. The summed E-state index contributed by atoms with van der Waals surface area (Å²) in [5.41, 5.74) is -0.125. The van der Waals surface area contributed by atoms with E-state index in [0.29, 0.717) is 11.5 Å². The summed E-state index contributed by atoms with van der Waals surface area (Å²) in [6.07, 6.45) is 0. The van der Waals surface area contributed by atoms with Gasteiger partial charge in [-0.2, -0.15) is 0 Å². The molecule has 0 aliphatic heterocycles. The van der Waals surface area contributed by atoms with Gasteiger partial charge in [-0.15, -0.1) is 0 Å². The number of nitro benzene ring substituents is 1. The normalized spacial score (nSPS) is 9.91. The summed E-state index contributed by atoms with van der Waals surface area (Å²) in [5.74, 6) is -0.0858. The summed E-state index contributed by atoms with van der Waals surface area (Å²) in [4.78, 5) is 22.5. The van der Waals surface area contributed by atoms with Gasteiger partial charge < -0.3 is 14.2 Å². The van der Waals surface area contributed by atoms with Crippen molar-refractivity contribution >= 4 is 11.7 Å². The summed E-state index contributed by atoms with van der Waals surface area (Å²) in [6.45, 7) is 0. The van der Waals surface area contributed by atoms with Gasteiger partial charge in [0.2, 0.25) is 5.75 Å². The van der Waals surface area contributed by atoms with Crippen LogP contribution in [0.3, 0.4) is 0 Å². The predicted molar refractivity (Wildman–Crippen MR) is 77.6 cm³/mol. The van der Waals surface area contributed by atoms with Crippen LogP contribution in [0, 0.1) is 10.1 Å². The number of nitrogens with zero attached hydrogens (tertiary/aromatic N) is 1. The number of nitro groups is 1. The van der Waals surface area contributed by atoms with Crippen LogP contribution < -0.4 is 14.2 Å². The molecule has 7 nitrogen and oxygen atoms in total. The van der Waals surface area contributed by atoms with E-state index in [4.69, 9.17) is 14.2 Å². The van der Waals surface area contributed by atoms with Gasteiger partial charge in [-0.25, -0.2) is 4.79 Å². The Hall–Kier alpha value is -3.09. The highest BCUT2D eigenvalue weighted by Gasteiger charge is 2.20. The second-order valence-corrected chi connectivity index (χ2v) is 4.21. The SMILES string of the molecule is COc1cccc(C(=O)Oc2ccc(OC)cc2[N+](=O)[O-])c1. The minimum absolute atomic E-state index is 0.154. The van der Waals surface area contributed by atoms with Gasteiger partial charge in [0.25, 0.3) is 0 Å². The molecule has 0 aliphatic rings. The minimum atomic E-state index is -0.716. The summed E-state index contributed by atoms with van der Waals surface area (Å²) in [6, 6.07) is 10.3. The van der Waals surface area contributed by atoms with Gasteiger partial charge in [0.05, 0.1) is 30.8 Å². The summed E-state index contributed by atoms with van der Waals surface area (Å²) >= 11 is 0. The number of ether oxygens (including phenoxy) is 3. The first-order valence-corrected chi connectivity index (χ1v) is 6.24. The third-order valence-electron chi connectivity index (χ3n) is 2.87. The second kappa shape index (κ2) is 6.57. The molecule has 0 saturated carbocycles. The van der Waals surface area contributed by atoms with Crippen molar-refractivity contribution in [2.24, 2.45) is 0 Å². The molecule has 2 aromatic carbocycles. The molecule has 0 radical (unpaired) electrons. The standard InChI is InChI=1S/C15H13NO6/c1-20-11-5-3-4-10(8-11)15(17)22-14-7-6-12(21-2)9-13(14)16(18)19/h3-9H,1-2H3. The largest absolute Gasteiger partial charge is 0.497 e. The van der Waals surface area contributed by atoms with Crippen LogP contribution in [0.5, 0.6) is 17.2 Å². The maximum Gasteiger partial charge on any atom is 0.343 e. The lowest BCUT2D eigenvalue weighted by molar-refractivity contribution is -0.385. The lowest BCUT2D eigenvalue weighted by atomic mass is 10.2. The molecule has 0 bridgehead atoms. The van der Waals surface area contributed by atoms with Gasteiger partial charge in [0, 0.05) is 0 Å². The molecule has 0 fully saturated rings. The van der Waals surface area contributed by atoms with E-state index in [1.165, 1.54) is 44.6 Å². The Kier molecular flexibility index (Phi) is 4.57. The highest BCUT2D eigenvalue weighted by molar-refractivity contribution is 5.92. The molecule has 0 unspecified atom stereocenters. The van der Waals surface area contributed by atoms with E-state index in [1.54, 1.807) is 12.1 Å². The van der Waals surface area contributed by atoms with Crippen LogP contribution in [-0.4, -0.2) is 25.1 Å². The molecule has 2 rings (SSSR count). The molecule has 7 heteroatoms. The minimum Gasteiger partial charge on any atom is -0.497 e. The Balaban J connectivity index is 2.29. The van der Waals surface area contributed by atoms with E-state index in [0.717, 1.165) is 0 Å². The maximum atomic E-state index is 12.1. The maximum absolute atomic E-state index is 12.1. The number of methoxy groups -OCH3 is 2. The van der Waals surface area contributed by atoms with Gasteiger partial charge >= 0.3 is 11.7 Å². The Labute approximate surface area is 126 Å². The molecule has 0 amide bonds. The smallest absolute Gasteiger partial charge is 0.343 e. The van der Waals surface area contributed by atoms with Gasteiger partial charge in [0.1, 0.15) is 11.5 Å². The van der Waals surface area contributed by atoms with Gasteiger partial charge in [-0.3, -0.25) is 10.1 Å². The molecule has 0 spiro atoms. The first-order chi connectivity index (χ1) is 10.5. The lowest BCUT2D eigenvalue weighted by Crippen LogP contribution is -2.10. The zero-order valence-corrected chi connectivity index (χ0v) is 11.9. The molecular formula is C15H13NO6. The van der Waals surface area contributed by atoms with E-state index in [-0.39, 0.29) is 17.0 Å². The Morgan fingerprint density at radius 2 is 1.73 bits per heavy atom. The van der Waals surface area contributed by atoms with Crippen molar-refractivity contribution in [3.8, 4) is 17.2 Å². The molecule has 0 aromatic heterocycles. The van der Waals surface area contributed by atoms with Crippen LogP contribution in [-0.2, 0) is 0 Å². The summed E-state index contributed by atoms with van der Waals surface area (Å²) < 4.78 is 15.0. The van der Waals surface area contributed by atoms with Crippen LogP contribution in [0.4, 0.5) is 5.69 Å². The van der Waals surface area contributed by atoms with E-state index >= 15 is 0 Å². The van der Waals surface area contributed by atoms with Crippen LogP contribution in [0.2, 0.25) is 0 Å². The lowest BCUT2D eigenvalue weighted by Gasteiger charge is -2.07. The Bertz CT molecular complexity index is 713. The predicted octanol–water partition coefficient (Wildman–Crippen LogP) is 2.83. The van der Waals surface area contributed by atoms with Crippen molar-refractivity contribution in [1.29, 1.82) is 0 Å². The molecule has 0 heterocycles. The van der Waals surface area contributed by atoms with Crippen LogP contribution in [0.15, 0.2) is 42.5 Å². The first-order valence-electron chi connectivity index (χ1n) is 6.24. The van der Waals surface area contributed by atoms with Crippen molar-refractivity contribution < 1.29 is 23.9 Å². The molecule has 0 atom stereocenters. The van der Waals surface area contributed by atoms with Crippen molar-refractivity contribution in [3.05, 3.63) is 58.1 Å². The summed E-state index contributed by atoms with van der Waals surface area (Å²) in [5, 5.41) is 11.0. The Morgan fingerprint density at radius 3 is 2.36 bits per heavy atom. The Morgan fingerprint density at radius 1 is 1.05 bits per heavy atom. The average molecular weight is 303 g/mol. The molecule has 114 valence electrons.